The highest BCUT2D eigenvalue weighted by atomic mass is 79.9. The van der Waals surface area contributed by atoms with Crippen molar-refractivity contribution in [3.05, 3.63) is 68.8 Å². The van der Waals surface area contributed by atoms with Gasteiger partial charge in [0.1, 0.15) is 27.7 Å². The number of fused-ring (bicyclic) bond motifs is 2. The van der Waals surface area contributed by atoms with E-state index in [1.54, 1.807) is 0 Å². The van der Waals surface area contributed by atoms with Crippen molar-refractivity contribution < 1.29 is 38.1 Å². The van der Waals surface area contributed by atoms with Crippen molar-refractivity contribution in [1.29, 1.82) is 0 Å². The molecular formula is C42H63BrN2O8. The molecule has 2 atom stereocenters. The van der Waals surface area contributed by atoms with Crippen molar-refractivity contribution in [2.24, 2.45) is 5.73 Å². The van der Waals surface area contributed by atoms with E-state index >= 15 is 0 Å². The SMILES string of the molecule is CC(C)(C)OC(=O)CBr.Cc1c(C(=O)OC(C)(C)C)ccc2c1CCC2N.Cc1c(C(=O)OC(C)(C)C)ccc2c1CCC2NCC(=O)OC(C)(C)C. The highest BCUT2D eigenvalue weighted by Gasteiger charge is 2.29. The van der Waals surface area contributed by atoms with Crippen molar-refractivity contribution in [3.63, 3.8) is 0 Å². The topological polar surface area (TPSA) is 143 Å². The van der Waals surface area contributed by atoms with Gasteiger partial charge in [-0.25, -0.2) is 9.59 Å². The lowest BCUT2D eigenvalue weighted by atomic mass is 9.97. The normalized spacial score (nSPS) is 16.5. The summed E-state index contributed by atoms with van der Waals surface area (Å²) >= 11 is 2.99. The summed E-state index contributed by atoms with van der Waals surface area (Å²) in [6.07, 6.45) is 3.70. The molecule has 0 aromatic heterocycles. The summed E-state index contributed by atoms with van der Waals surface area (Å²) in [5, 5.41) is 3.55. The van der Waals surface area contributed by atoms with Gasteiger partial charge in [0.2, 0.25) is 0 Å². The molecule has 4 rings (SSSR count). The summed E-state index contributed by atoms with van der Waals surface area (Å²) in [4.78, 5) is 47.0. The minimum absolute atomic E-state index is 0.101. The second-order valence-corrected chi connectivity index (χ2v) is 18.1. The Bertz CT molecular complexity index is 1620. The molecule has 0 aliphatic heterocycles. The first-order valence-electron chi connectivity index (χ1n) is 18.3. The first kappa shape index (κ1) is 45.9. The summed E-state index contributed by atoms with van der Waals surface area (Å²) < 4.78 is 21.2. The number of hydrogen-bond donors (Lipinski definition) is 2. The van der Waals surface area contributed by atoms with Gasteiger partial charge in [0, 0.05) is 12.1 Å². The number of hydrogen-bond acceptors (Lipinski definition) is 10. The van der Waals surface area contributed by atoms with Crippen LogP contribution in [0.3, 0.4) is 0 Å². The molecule has 0 radical (unpaired) electrons. The fourth-order valence-electron chi connectivity index (χ4n) is 6.07. The fraction of sp³-hybridized carbons (Fsp3) is 0.619. The molecule has 2 aliphatic rings. The molecule has 0 bridgehead atoms. The molecule has 0 amide bonds. The quantitative estimate of drug-likeness (QED) is 0.166. The lowest BCUT2D eigenvalue weighted by molar-refractivity contribution is -0.154. The van der Waals surface area contributed by atoms with Gasteiger partial charge < -0.3 is 30.0 Å². The van der Waals surface area contributed by atoms with E-state index in [9.17, 15) is 19.2 Å². The van der Waals surface area contributed by atoms with Crippen LogP contribution in [-0.2, 0) is 41.4 Å². The minimum atomic E-state index is -0.514. The van der Waals surface area contributed by atoms with E-state index < -0.39 is 16.8 Å². The summed E-state index contributed by atoms with van der Waals surface area (Å²) in [6, 6.07) is 7.83. The molecule has 2 aromatic carbocycles. The van der Waals surface area contributed by atoms with Crippen LogP contribution >= 0.6 is 15.9 Å². The van der Waals surface area contributed by atoms with Gasteiger partial charge in [0.05, 0.1) is 17.7 Å². The summed E-state index contributed by atoms with van der Waals surface area (Å²) in [7, 11) is 0. The van der Waals surface area contributed by atoms with E-state index in [2.05, 4.69) is 21.2 Å². The number of nitrogens with two attached hydrogens (primary N) is 1. The Balaban J connectivity index is 0.000000310. The van der Waals surface area contributed by atoms with Gasteiger partial charge in [0.15, 0.2) is 0 Å². The van der Waals surface area contributed by atoms with Gasteiger partial charge >= 0.3 is 23.9 Å². The molecule has 53 heavy (non-hydrogen) atoms. The van der Waals surface area contributed by atoms with Crippen LogP contribution in [0.5, 0.6) is 0 Å². The van der Waals surface area contributed by atoms with Gasteiger partial charge in [-0.05, 0) is 168 Å². The average molecular weight is 804 g/mol. The number of esters is 4. The number of ether oxygens (including phenoxy) is 4. The summed E-state index contributed by atoms with van der Waals surface area (Å²) in [5.41, 5.74) is 12.2. The molecule has 2 unspecified atom stereocenters. The Morgan fingerprint density at radius 2 is 1.04 bits per heavy atom. The number of carbonyl (C=O) groups excluding carboxylic acids is 4. The number of rotatable bonds is 6. The van der Waals surface area contributed by atoms with Crippen molar-refractivity contribution in [1.82, 2.24) is 5.32 Å². The third-order valence-corrected chi connectivity index (χ3v) is 8.57. The predicted molar refractivity (Wildman–Crippen MR) is 212 cm³/mol. The summed E-state index contributed by atoms with van der Waals surface area (Å²) in [5.74, 6) is -1.01. The zero-order valence-electron chi connectivity index (χ0n) is 34.4. The van der Waals surface area contributed by atoms with Crippen LogP contribution in [0.1, 0.15) is 162 Å². The largest absolute Gasteiger partial charge is 0.459 e. The standard InChI is InChI=1S/C21H31NO4.C15H21NO2.C6H11BrO2/c1-13-14-10-11-17(22-12-18(23)25-20(2,3)4)16(14)9-8-15(13)19(24)26-21(5,6)7;1-9-10-7-8-13(16)12(10)6-5-11(9)14(17)18-15(2,3)4;1-6(2,3)9-5(8)4-7/h8-9,17,22H,10-12H2,1-7H3;5-6,13H,7-8,16H2,1-4H3;4H2,1-3H3. The Kier molecular flexibility index (Phi) is 15.9. The molecule has 10 nitrogen and oxygen atoms in total. The first-order chi connectivity index (χ1) is 24.1. The highest BCUT2D eigenvalue weighted by molar-refractivity contribution is 9.09. The molecule has 0 spiro atoms. The lowest BCUT2D eigenvalue weighted by Gasteiger charge is -2.22. The third-order valence-electron chi connectivity index (χ3n) is 8.11. The van der Waals surface area contributed by atoms with Crippen molar-refractivity contribution >= 4 is 39.8 Å². The van der Waals surface area contributed by atoms with Crippen LogP contribution in [-0.4, -0.2) is 58.2 Å². The van der Waals surface area contributed by atoms with Crippen LogP contribution in [0, 0.1) is 13.8 Å². The number of nitrogens with one attached hydrogen (secondary N) is 1. The predicted octanol–water partition coefficient (Wildman–Crippen LogP) is 8.49. The smallest absolute Gasteiger partial charge is 0.338 e. The number of carbonyl (C=O) groups is 4. The van der Waals surface area contributed by atoms with Crippen molar-refractivity contribution in [2.75, 3.05) is 11.9 Å². The lowest BCUT2D eigenvalue weighted by Crippen LogP contribution is -2.33. The van der Waals surface area contributed by atoms with Gasteiger partial charge in [-0.3, -0.25) is 9.59 Å². The van der Waals surface area contributed by atoms with E-state index in [4.69, 9.17) is 24.7 Å². The van der Waals surface area contributed by atoms with Crippen LogP contribution in [0.2, 0.25) is 0 Å². The Morgan fingerprint density at radius 1 is 0.642 bits per heavy atom. The van der Waals surface area contributed by atoms with Crippen LogP contribution in [0.4, 0.5) is 0 Å². The Labute approximate surface area is 325 Å². The molecule has 296 valence electrons. The van der Waals surface area contributed by atoms with E-state index in [1.807, 2.05) is 121 Å². The van der Waals surface area contributed by atoms with Gasteiger partial charge in [0.25, 0.3) is 0 Å². The van der Waals surface area contributed by atoms with E-state index in [0.717, 1.165) is 42.4 Å². The monoisotopic (exact) mass is 802 g/mol. The molecule has 0 heterocycles. The van der Waals surface area contributed by atoms with Crippen molar-refractivity contribution in [3.8, 4) is 0 Å². The van der Waals surface area contributed by atoms with E-state index in [-0.39, 0.29) is 53.4 Å². The molecule has 0 fully saturated rings. The number of halogens is 1. The molecular weight excluding hydrogens is 740 g/mol. The molecule has 3 N–H and O–H groups in total. The zero-order valence-corrected chi connectivity index (χ0v) is 36.0. The second kappa shape index (κ2) is 18.4. The molecule has 0 saturated carbocycles. The highest BCUT2D eigenvalue weighted by Crippen LogP contribution is 2.36. The maximum atomic E-state index is 12.4. The van der Waals surface area contributed by atoms with Gasteiger partial charge in [-0.1, -0.05) is 28.1 Å². The Hall–Kier alpha value is -3.28. The van der Waals surface area contributed by atoms with Gasteiger partial charge in [-0.15, -0.1) is 0 Å². The van der Waals surface area contributed by atoms with E-state index in [1.165, 1.54) is 16.7 Å². The van der Waals surface area contributed by atoms with Gasteiger partial charge in [-0.2, -0.15) is 0 Å². The van der Waals surface area contributed by atoms with Crippen LogP contribution < -0.4 is 11.1 Å². The number of benzene rings is 2. The first-order valence-corrected chi connectivity index (χ1v) is 19.4. The maximum absolute atomic E-state index is 12.4. The Morgan fingerprint density at radius 3 is 1.45 bits per heavy atom. The van der Waals surface area contributed by atoms with E-state index in [0.29, 0.717) is 11.1 Å². The minimum Gasteiger partial charge on any atom is -0.459 e. The molecule has 2 aliphatic carbocycles. The maximum Gasteiger partial charge on any atom is 0.338 e. The average Bonchev–Trinajstić information content (AvgIpc) is 3.57. The zero-order chi connectivity index (χ0) is 40.7. The fourth-order valence-corrected chi connectivity index (χ4v) is 6.18. The molecule has 2 aromatic rings. The van der Waals surface area contributed by atoms with Crippen LogP contribution in [0.15, 0.2) is 24.3 Å². The second-order valence-electron chi connectivity index (χ2n) is 17.5. The number of alkyl halides is 1. The molecule has 11 heteroatoms. The third kappa shape index (κ3) is 15.2. The molecule has 0 saturated heterocycles. The summed E-state index contributed by atoms with van der Waals surface area (Å²) in [6.45, 7) is 26.5. The van der Waals surface area contributed by atoms with Crippen LogP contribution in [0.25, 0.3) is 0 Å². The van der Waals surface area contributed by atoms with Crippen molar-refractivity contribution in [2.45, 2.75) is 157 Å².